The van der Waals surface area contributed by atoms with E-state index in [4.69, 9.17) is 4.74 Å². The molecule has 0 aliphatic carbocycles. The van der Waals surface area contributed by atoms with Gasteiger partial charge < -0.3 is 10.1 Å². The Hall–Kier alpha value is -1.26. The number of carbonyl (C=O) groups is 1. The summed E-state index contributed by atoms with van der Waals surface area (Å²) in [5, 5.41) is 3.12. The monoisotopic (exact) mass is 237 g/mol. The third kappa shape index (κ3) is 2.53. The van der Waals surface area contributed by atoms with Crippen LogP contribution in [-0.4, -0.2) is 31.6 Å². The van der Waals surface area contributed by atoms with Crippen LogP contribution >= 0.6 is 0 Å². The third-order valence-electron chi connectivity index (χ3n) is 3.18. The molecule has 0 spiro atoms. The zero-order chi connectivity index (χ0) is 12.4. The van der Waals surface area contributed by atoms with Crippen LogP contribution < -0.4 is 5.32 Å². The van der Waals surface area contributed by atoms with E-state index in [9.17, 15) is 9.18 Å². The van der Waals surface area contributed by atoms with Crippen molar-refractivity contribution in [1.29, 1.82) is 0 Å². The maximum atomic E-state index is 13.1. The van der Waals surface area contributed by atoms with Crippen LogP contribution in [0.4, 0.5) is 4.39 Å². The molecular weight excluding hydrogens is 221 g/mol. The van der Waals surface area contributed by atoms with Crippen LogP contribution in [0.5, 0.6) is 0 Å². The first-order valence-corrected chi connectivity index (χ1v) is 5.68. The maximum Gasteiger partial charge on any atom is 0.179 e. The standard InChI is InChI=1S/C13H16FNO2/c1-8-5-9(3-4-11(8)14)13(16)12-6-10(17-2)7-15-12/h3-5,10,12,15H,6-7H2,1-2H3. The van der Waals surface area contributed by atoms with Gasteiger partial charge in [0.05, 0.1) is 12.1 Å². The number of halogens is 1. The van der Waals surface area contributed by atoms with Gasteiger partial charge in [-0.2, -0.15) is 0 Å². The largest absolute Gasteiger partial charge is 0.380 e. The van der Waals surface area contributed by atoms with Crippen molar-refractivity contribution in [2.75, 3.05) is 13.7 Å². The van der Waals surface area contributed by atoms with E-state index >= 15 is 0 Å². The number of aryl methyl sites for hydroxylation is 1. The van der Waals surface area contributed by atoms with Crippen LogP contribution in [0, 0.1) is 12.7 Å². The Bertz CT molecular complexity index is 433. The number of rotatable bonds is 3. The van der Waals surface area contributed by atoms with Gasteiger partial charge in [-0.1, -0.05) is 0 Å². The van der Waals surface area contributed by atoms with Crippen molar-refractivity contribution in [2.24, 2.45) is 0 Å². The van der Waals surface area contributed by atoms with Gasteiger partial charge >= 0.3 is 0 Å². The van der Waals surface area contributed by atoms with Crippen molar-refractivity contribution in [3.63, 3.8) is 0 Å². The van der Waals surface area contributed by atoms with Crippen molar-refractivity contribution in [1.82, 2.24) is 5.32 Å². The Kier molecular flexibility index (Phi) is 3.54. The zero-order valence-corrected chi connectivity index (χ0v) is 10.00. The van der Waals surface area contributed by atoms with Gasteiger partial charge in [0, 0.05) is 19.2 Å². The molecule has 4 heteroatoms. The van der Waals surface area contributed by atoms with E-state index in [1.165, 1.54) is 12.1 Å². The molecule has 1 aromatic rings. The summed E-state index contributed by atoms with van der Waals surface area (Å²) < 4.78 is 18.3. The number of hydrogen-bond donors (Lipinski definition) is 1. The van der Waals surface area contributed by atoms with Crippen molar-refractivity contribution in [3.05, 3.63) is 35.1 Å². The molecule has 1 fully saturated rings. The first kappa shape index (κ1) is 12.2. The van der Waals surface area contributed by atoms with E-state index in [2.05, 4.69) is 5.32 Å². The lowest BCUT2D eigenvalue weighted by molar-refractivity contribution is 0.0918. The molecule has 3 nitrogen and oxygen atoms in total. The molecule has 1 aromatic carbocycles. The quantitative estimate of drug-likeness (QED) is 0.813. The minimum atomic E-state index is -0.282. The van der Waals surface area contributed by atoms with Crippen LogP contribution in [0.25, 0.3) is 0 Å². The van der Waals surface area contributed by atoms with Gasteiger partial charge in [0.15, 0.2) is 5.78 Å². The maximum absolute atomic E-state index is 13.1. The number of ether oxygens (including phenoxy) is 1. The molecule has 0 bridgehead atoms. The average Bonchev–Trinajstić information content (AvgIpc) is 2.80. The lowest BCUT2D eigenvalue weighted by Crippen LogP contribution is -2.30. The number of benzene rings is 1. The van der Waals surface area contributed by atoms with Crippen molar-refractivity contribution in [2.45, 2.75) is 25.5 Å². The van der Waals surface area contributed by atoms with Gasteiger partial charge in [-0.25, -0.2) is 4.39 Å². The van der Waals surface area contributed by atoms with Gasteiger partial charge in [-0.3, -0.25) is 4.79 Å². The fourth-order valence-electron chi connectivity index (χ4n) is 2.08. The SMILES string of the molecule is COC1CNC(C(=O)c2ccc(F)c(C)c2)C1. The lowest BCUT2D eigenvalue weighted by Gasteiger charge is -2.10. The minimum Gasteiger partial charge on any atom is -0.380 e. The molecule has 2 unspecified atom stereocenters. The highest BCUT2D eigenvalue weighted by Gasteiger charge is 2.29. The molecule has 17 heavy (non-hydrogen) atoms. The number of methoxy groups -OCH3 is 1. The summed E-state index contributed by atoms with van der Waals surface area (Å²) in [6.07, 6.45) is 0.761. The number of ketones is 1. The second-order valence-corrected chi connectivity index (χ2v) is 4.38. The molecule has 0 radical (unpaired) electrons. The summed E-state index contributed by atoms with van der Waals surface area (Å²) in [4.78, 5) is 12.1. The van der Waals surface area contributed by atoms with E-state index in [0.29, 0.717) is 24.1 Å². The van der Waals surface area contributed by atoms with Gasteiger partial charge in [0.1, 0.15) is 5.82 Å². The summed E-state index contributed by atoms with van der Waals surface area (Å²) >= 11 is 0. The number of carbonyl (C=O) groups excluding carboxylic acids is 1. The smallest absolute Gasteiger partial charge is 0.179 e. The van der Waals surface area contributed by atoms with Gasteiger partial charge in [-0.05, 0) is 37.1 Å². The van der Waals surface area contributed by atoms with Gasteiger partial charge in [0.25, 0.3) is 0 Å². The molecule has 1 aliphatic heterocycles. The first-order valence-electron chi connectivity index (χ1n) is 5.68. The Balaban J connectivity index is 2.12. The molecule has 92 valence electrons. The molecule has 0 amide bonds. The Morgan fingerprint density at radius 2 is 2.29 bits per heavy atom. The van der Waals surface area contributed by atoms with Gasteiger partial charge in [0.2, 0.25) is 0 Å². The fourth-order valence-corrected chi connectivity index (χ4v) is 2.08. The molecule has 0 saturated carbocycles. The minimum absolute atomic E-state index is 0.00708. The fraction of sp³-hybridized carbons (Fsp3) is 0.462. The van der Waals surface area contributed by atoms with Crippen LogP contribution in [-0.2, 0) is 4.74 Å². The number of nitrogens with one attached hydrogen (secondary N) is 1. The zero-order valence-electron chi connectivity index (χ0n) is 10.00. The second-order valence-electron chi connectivity index (χ2n) is 4.38. The van der Waals surface area contributed by atoms with E-state index in [1.54, 1.807) is 20.1 Å². The second kappa shape index (κ2) is 4.94. The van der Waals surface area contributed by atoms with E-state index in [-0.39, 0.29) is 23.7 Å². The highest BCUT2D eigenvalue weighted by molar-refractivity contribution is 6.00. The Labute approximate surface area is 100.0 Å². The molecule has 0 aromatic heterocycles. The Morgan fingerprint density at radius 3 is 2.88 bits per heavy atom. The molecule has 1 heterocycles. The average molecular weight is 237 g/mol. The summed E-state index contributed by atoms with van der Waals surface area (Å²) in [6, 6.07) is 4.25. The van der Waals surface area contributed by atoms with Crippen molar-refractivity contribution >= 4 is 5.78 Å². The van der Waals surface area contributed by atoms with Crippen LogP contribution in [0.2, 0.25) is 0 Å². The molecule has 1 saturated heterocycles. The lowest BCUT2D eigenvalue weighted by atomic mass is 10.0. The summed E-state index contributed by atoms with van der Waals surface area (Å²) in [5.41, 5.74) is 1.05. The molecule has 1 aliphatic rings. The predicted octanol–water partition coefficient (Wildman–Crippen LogP) is 1.69. The van der Waals surface area contributed by atoms with Crippen molar-refractivity contribution < 1.29 is 13.9 Å². The molecule has 2 rings (SSSR count). The molecular formula is C13H16FNO2. The summed E-state index contributed by atoms with van der Waals surface area (Å²) in [7, 11) is 1.64. The van der Waals surface area contributed by atoms with Crippen LogP contribution in [0.1, 0.15) is 22.3 Å². The highest BCUT2D eigenvalue weighted by atomic mass is 19.1. The van der Waals surface area contributed by atoms with E-state index in [0.717, 1.165) is 0 Å². The summed E-state index contributed by atoms with van der Waals surface area (Å²) in [5.74, 6) is -0.275. The number of Topliss-reactive ketones (excluding diaryl/α,β-unsaturated/α-hetero) is 1. The third-order valence-corrected chi connectivity index (χ3v) is 3.18. The topological polar surface area (TPSA) is 38.3 Å². The first-order chi connectivity index (χ1) is 8.11. The molecule has 2 atom stereocenters. The highest BCUT2D eigenvalue weighted by Crippen LogP contribution is 2.16. The molecule has 1 N–H and O–H groups in total. The predicted molar refractivity (Wildman–Crippen MR) is 62.7 cm³/mol. The Morgan fingerprint density at radius 1 is 1.53 bits per heavy atom. The number of hydrogen-bond acceptors (Lipinski definition) is 3. The van der Waals surface area contributed by atoms with Crippen LogP contribution in [0.3, 0.4) is 0 Å². The summed E-state index contributed by atoms with van der Waals surface area (Å²) in [6.45, 7) is 2.35. The van der Waals surface area contributed by atoms with Crippen molar-refractivity contribution in [3.8, 4) is 0 Å². The van der Waals surface area contributed by atoms with Gasteiger partial charge in [-0.15, -0.1) is 0 Å². The van der Waals surface area contributed by atoms with Crippen LogP contribution in [0.15, 0.2) is 18.2 Å². The van der Waals surface area contributed by atoms with E-state index in [1.807, 2.05) is 0 Å². The normalized spacial score (nSPS) is 23.9. The van der Waals surface area contributed by atoms with E-state index < -0.39 is 0 Å².